The van der Waals surface area contributed by atoms with Gasteiger partial charge < -0.3 is 16.4 Å². The third-order valence-corrected chi connectivity index (χ3v) is 1.81. The quantitative estimate of drug-likeness (QED) is 0.527. The Bertz CT molecular complexity index is 204. The highest BCUT2D eigenvalue weighted by molar-refractivity contribution is 5.86. The molecule has 0 aromatic heterocycles. The molecular formula is C9H19N3O2. The van der Waals surface area contributed by atoms with Crippen LogP contribution in [0, 0.1) is 5.92 Å². The molecule has 0 aliphatic rings. The highest BCUT2D eigenvalue weighted by atomic mass is 16.2. The zero-order valence-electron chi connectivity index (χ0n) is 8.96. The van der Waals surface area contributed by atoms with Crippen LogP contribution in [0.25, 0.3) is 0 Å². The molecule has 0 bridgehead atoms. The molecule has 0 heterocycles. The van der Waals surface area contributed by atoms with Crippen LogP contribution in [0.4, 0.5) is 0 Å². The van der Waals surface area contributed by atoms with Crippen molar-refractivity contribution in [1.29, 1.82) is 0 Å². The lowest BCUT2D eigenvalue weighted by molar-refractivity contribution is -0.126. The van der Waals surface area contributed by atoms with E-state index in [0.717, 1.165) is 6.42 Å². The number of hydrogen-bond donors (Lipinski definition) is 3. The van der Waals surface area contributed by atoms with E-state index in [9.17, 15) is 9.59 Å². The molecule has 1 atom stereocenters. The Morgan fingerprint density at radius 3 is 2.29 bits per heavy atom. The van der Waals surface area contributed by atoms with Gasteiger partial charge >= 0.3 is 0 Å². The molecule has 2 amide bonds. The topological polar surface area (TPSA) is 84.2 Å². The number of nitrogens with one attached hydrogen (secondary N) is 2. The van der Waals surface area contributed by atoms with Gasteiger partial charge in [-0.2, -0.15) is 0 Å². The number of nitrogens with two attached hydrogens (primary N) is 1. The summed E-state index contributed by atoms with van der Waals surface area (Å²) < 4.78 is 0. The molecule has 0 spiro atoms. The van der Waals surface area contributed by atoms with Gasteiger partial charge in [0.25, 0.3) is 0 Å². The molecule has 4 N–H and O–H groups in total. The van der Waals surface area contributed by atoms with Gasteiger partial charge in [0, 0.05) is 0 Å². The molecule has 0 aliphatic carbocycles. The monoisotopic (exact) mass is 201 g/mol. The second kappa shape index (κ2) is 6.37. The van der Waals surface area contributed by atoms with Crippen molar-refractivity contribution in [1.82, 2.24) is 10.6 Å². The summed E-state index contributed by atoms with van der Waals surface area (Å²) in [5, 5.41) is 5.36. The van der Waals surface area contributed by atoms with E-state index in [1.807, 2.05) is 13.8 Å². The first kappa shape index (κ1) is 12.9. The van der Waals surface area contributed by atoms with Gasteiger partial charge in [-0.25, -0.2) is 0 Å². The van der Waals surface area contributed by atoms with Gasteiger partial charge in [0.1, 0.15) is 0 Å². The van der Waals surface area contributed by atoms with Crippen LogP contribution in [-0.4, -0.2) is 31.4 Å². The van der Waals surface area contributed by atoms with E-state index in [2.05, 4.69) is 10.6 Å². The Morgan fingerprint density at radius 1 is 1.36 bits per heavy atom. The van der Waals surface area contributed by atoms with E-state index in [0.29, 0.717) is 5.92 Å². The standard InChI is InChI=1S/C9H19N3O2/c1-6(2)4-7(11-3)9(14)12-5-8(10)13/h6-7,11H,4-5H2,1-3H3,(H2,10,13)(H,12,14). The van der Waals surface area contributed by atoms with Crippen molar-refractivity contribution < 1.29 is 9.59 Å². The molecule has 5 nitrogen and oxygen atoms in total. The van der Waals surface area contributed by atoms with Crippen LogP contribution >= 0.6 is 0 Å². The van der Waals surface area contributed by atoms with Crippen molar-refractivity contribution in [3.8, 4) is 0 Å². The smallest absolute Gasteiger partial charge is 0.237 e. The van der Waals surface area contributed by atoms with Gasteiger partial charge in [-0.05, 0) is 19.4 Å². The minimum Gasteiger partial charge on any atom is -0.368 e. The third-order valence-electron chi connectivity index (χ3n) is 1.81. The normalized spacial score (nSPS) is 12.6. The molecule has 0 aromatic carbocycles. The summed E-state index contributed by atoms with van der Waals surface area (Å²) in [5.74, 6) is -0.287. The average molecular weight is 201 g/mol. The lowest BCUT2D eigenvalue weighted by Crippen LogP contribution is -2.45. The lowest BCUT2D eigenvalue weighted by atomic mass is 10.0. The number of carbonyl (C=O) groups excluding carboxylic acids is 2. The Hall–Kier alpha value is -1.10. The fourth-order valence-corrected chi connectivity index (χ4v) is 1.12. The van der Waals surface area contributed by atoms with E-state index < -0.39 is 5.91 Å². The van der Waals surface area contributed by atoms with Crippen LogP contribution in [0.3, 0.4) is 0 Å². The first-order chi connectivity index (χ1) is 6.47. The fraction of sp³-hybridized carbons (Fsp3) is 0.778. The number of primary amides is 1. The van der Waals surface area contributed by atoms with E-state index in [-0.39, 0.29) is 18.5 Å². The van der Waals surface area contributed by atoms with E-state index in [1.165, 1.54) is 0 Å². The SMILES string of the molecule is CNC(CC(C)C)C(=O)NCC(N)=O. The van der Waals surface area contributed by atoms with Gasteiger partial charge in [-0.1, -0.05) is 13.8 Å². The molecule has 14 heavy (non-hydrogen) atoms. The number of rotatable bonds is 6. The van der Waals surface area contributed by atoms with E-state index in [1.54, 1.807) is 7.05 Å². The third kappa shape index (κ3) is 5.53. The molecule has 0 aliphatic heterocycles. The van der Waals surface area contributed by atoms with E-state index in [4.69, 9.17) is 5.73 Å². The van der Waals surface area contributed by atoms with Crippen molar-refractivity contribution in [2.45, 2.75) is 26.3 Å². The fourth-order valence-electron chi connectivity index (χ4n) is 1.12. The maximum absolute atomic E-state index is 11.4. The van der Waals surface area contributed by atoms with Crippen LogP contribution in [0.1, 0.15) is 20.3 Å². The Balaban J connectivity index is 3.97. The van der Waals surface area contributed by atoms with Crippen LogP contribution in [0.2, 0.25) is 0 Å². The highest BCUT2D eigenvalue weighted by Gasteiger charge is 2.17. The first-order valence-electron chi connectivity index (χ1n) is 4.70. The zero-order valence-corrected chi connectivity index (χ0v) is 8.96. The Labute approximate surface area is 84.4 Å². The van der Waals surface area contributed by atoms with Crippen LogP contribution in [-0.2, 0) is 9.59 Å². The van der Waals surface area contributed by atoms with Crippen molar-refractivity contribution in [2.24, 2.45) is 11.7 Å². The largest absolute Gasteiger partial charge is 0.368 e. The van der Waals surface area contributed by atoms with Gasteiger partial charge in [-0.3, -0.25) is 9.59 Å². The maximum Gasteiger partial charge on any atom is 0.237 e. The molecule has 0 saturated heterocycles. The average Bonchev–Trinajstić information content (AvgIpc) is 2.09. The van der Waals surface area contributed by atoms with Crippen molar-refractivity contribution in [3.63, 3.8) is 0 Å². The van der Waals surface area contributed by atoms with Crippen molar-refractivity contribution in [3.05, 3.63) is 0 Å². The molecule has 0 aromatic rings. The molecular weight excluding hydrogens is 182 g/mol. The Morgan fingerprint density at radius 2 is 1.93 bits per heavy atom. The summed E-state index contributed by atoms with van der Waals surface area (Å²) in [5.41, 5.74) is 4.91. The predicted molar refractivity (Wildman–Crippen MR) is 54.5 cm³/mol. The van der Waals surface area contributed by atoms with Crippen molar-refractivity contribution >= 4 is 11.8 Å². The number of amides is 2. The predicted octanol–water partition coefficient (Wildman–Crippen LogP) is -0.778. The minimum absolute atomic E-state index is 0.102. The van der Waals surface area contributed by atoms with Crippen molar-refractivity contribution in [2.75, 3.05) is 13.6 Å². The maximum atomic E-state index is 11.4. The van der Waals surface area contributed by atoms with Crippen LogP contribution < -0.4 is 16.4 Å². The second-order valence-corrected chi connectivity index (χ2v) is 3.65. The summed E-state index contributed by atoms with van der Waals surface area (Å²) >= 11 is 0. The lowest BCUT2D eigenvalue weighted by Gasteiger charge is -2.17. The molecule has 5 heteroatoms. The minimum atomic E-state index is -0.530. The number of likely N-dealkylation sites (N-methyl/N-ethyl adjacent to an activating group) is 1. The van der Waals surface area contributed by atoms with Gasteiger partial charge in [0.2, 0.25) is 11.8 Å². The first-order valence-corrected chi connectivity index (χ1v) is 4.70. The summed E-state index contributed by atoms with van der Waals surface area (Å²) in [6, 6.07) is -0.255. The Kier molecular flexibility index (Phi) is 5.87. The van der Waals surface area contributed by atoms with Crippen LogP contribution in [0.15, 0.2) is 0 Å². The molecule has 0 rings (SSSR count). The zero-order chi connectivity index (χ0) is 11.1. The molecule has 0 fully saturated rings. The summed E-state index contributed by atoms with van der Waals surface area (Å²) in [7, 11) is 1.72. The molecule has 0 radical (unpaired) electrons. The van der Waals surface area contributed by atoms with Gasteiger partial charge in [0.15, 0.2) is 0 Å². The number of carbonyl (C=O) groups is 2. The number of hydrogen-bond acceptors (Lipinski definition) is 3. The van der Waals surface area contributed by atoms with Crippen LogP contribution in [0.5, 0.6) is 0 Å². The van der Waals surface area contributed by atoms with Gasteiger partial charge in [0.05, 0.1) is 12.6 Å². The molecule has 0 saturated carbocycles. The highest BCUT2D eigenvalue weighted by Crippen LogP contribution is 2.03. The second-order valence-electron chi connectivity index (χ2n) is 3.65. The molecule has 82 valence electrons. The summed E-state index contributed by atoms with van der Waals surface area (Å²) in [6.07, 6.45) is 0.737. The van der Waals surface area contributed by atoms with E-state index >= 15 is 0 Å². The molecule has 1 unspecified atom stereocenters. The summed E-state index contributed by atoms with van der Waals surface area (Å²) in [4.78, 5) is 21.9. The van der Waals surface area contributed by atoms with Gasteiger partial charge in [-0.15, -0.1) is 0 Å². The summed E-state index contributed by atoms with van der Waals surface area (Å²) in [6.45, 7) is 3.96.